The molecule has 1 aliphatic heterocycles. The van der Waals surface area contributed by atoms with E-state index in [2.05, 4.69) is 88.1 Å². The standard InChI is InChI=1S/C23H27N5/c1-3-28(21-11-7-8-19(2)18-21)23-24-13-12-22(25-23)27-16-14-26(15-17-27)20-9-5-4-6-10-20/h4-13,18H,3,14-17H2,1-2H3. The molecule has 0 saturated carbocycles. The van der Waals surface area contributed by atoms with Crippen molar-refractivity contribution in [3.63, 3.8) is 0 Å². The normalized spacial score (nSPS) is 14.2. The van der Waals surface area contributed by atoms with Gasteiger partial charge in [-0.1, -0.05) is 30.3 Å². The number of hydrogen-bond acceptors (Lipinski definition) is 5. The number of para-hydroxylation sites is 1. The van der Waals surface area contributed by atoms with Crippen molar-refractivity contribution in [1.82, 2.24) is 9.97 Å². The average molecular weight is 374 g/mol. The maximum atomic E-state index is 4.89. The van der Waals surface area contributed by atoms with Gasteiger partial charge < -0.3 is 14.7 Å². The van der Waals surface area contributed by atoms with E-state index in [9.17, 15) is 0 Å². The smallest absolute Gasteiger partial charge is 0.231 e. The van der Waals surface area contributed by atoms with Gasteiger partial charge in [-0.25, -0.2) is 4.98 Å². The minimum Gasteiger partial charge on any atom is -0.368 e. The Bertz CT molecular complexity index is 904. The van der Waals surface area contributed by atoms with Crippen LogP contribution >= 0.6 is 0 Å². The first-order valence-corrected chi connectivity index (χ1v) is 9.97. The molecule has 1 aromatic heterocycles. The Labute approximate surface area is 167 Å². The van der Waals surface area contributed by atoms with Crippen LogP contribution in [0.4, 0.5) is 23.1 Å². The number of nitrogens with zero attached hydrogens (tertiary/aromatic N) is 5. The summed E-state index contributed by atoms with van der Waals surface area (Å²) in [5, 5.41) is 0. The number of anilines is 4. The first-order valence-electron chi connectivity index (χ1n) is 9.97. The average Bonchev–Trinajstić information content (AvgIpc) is 2.75. The highest BCUT2D eigenvalue weighted by Crippen LogP contribution is 2.25. The molecule has 1 aliphatic rings. The van der Waals surface area contributed by atoms with Gasteiger partial charge in [0.1, 0.15) is 5.82 Å². The minimum absolute atomic E-state index is 0.760. The predicted molar refractivity (Wildman–Crippen MR) is 117 cm³/mol. The van der Waals surface area contributed by atoms with E-state index in [1.54, 1.807) is 0 Å². The molecule has 5 heteroatoms. The Morgan fingerprint density at radius 2 is 1.64 bits per heavy atom. The van der Waals surface area contributed by atoms with Crippen LogP contribution in [0.15, 0.2) is 66.9 Å². The summed E-state index contributed by atoms with van der Waals surface area (Å²) in [6.45, 7) is 8.99. The van der Waals surface area contributed by atoms with Crippen LogP contribution in [-0.2, 0) is 0 Å². The lowest BCUT2D eigenvalue weighted by molar-refractivity contribution is 0.646. The topological polar surface area (TPSA) is 35.5 Å². The van der Waals surface area contributed by atoms with Crippen LogP contribution < -0.4 is 14.7 Å². The Balaban J connectivity index is 1.50. The van der Waals surface area contributed by atoms with Gasteiger partial charge in [0, 0.05) is 50.3 Å². The molecule has 0 amide bonds. The third-order valence-electron chi connectivity index (χ3n) is 5.22. The summed E-state index contributed by atoms with van der Waals surface area (Å²) in [6, 6.07) is 21.1. The van der Waals surface area contributed by atoms with Crippen molar-refractivity contribution >= 4 is 23.1 Å². The summed E-state index contributed by atoms with van der Waals surface area (Å²) in [7, 11) is 0. The van der Waals surface area contributed by atoms with Gasteiger partial charge in [0.25, 0.3) is 0 Å². The first-order chi connectivity index (χ1) is 13.7. The van der Waals surface area contributed by atoms with Crippen molar-refractivity contribution in [2.45, 2.75) is 13.8 Å². The second-order valence-electron chi connectivity index (χ2n) is 7.11. The molecule has 0 atom stereocenters. The maximum absolute atomic E-state index is 4.89. The highest BCUT2D eigenvalue weighted by atomic mass is 15.3. The summed E-state index contributed by atoms with van der Waals surface area (Å²) in [6.07, 6.45) is 1.87. The number of aromatic nitrogens is 2. The van der Waals surface area contributed by atoms with E-state index < -0.39 is 0 Å². The second kappa shape index (κ2) is 8.30. The van der Waals surface area contributed by atoms with Crippen molar-refractivity contribution in [3.8, 4) is 0 Å². The molecule has 144 valence electrons. The second-order valence-corrected chi connectivity index (χ2v) is 7.11. The largest absolute Gasteiger partial charge is 0.368 e. The van der Waals surface area contributed by atoms with E-state index in [4.69, 9.17) is 4.98 Å². The summed E-state index contributed by atoms with van der Waals surface area (Å²) in [5.41, 5.74) is 3.67. The Morgan fingerprint density at radius 3 is 2.36 bits per heavy atom. The molecule has 0 N–H and O–H groups in total. The number of rotatable bonds is 5. The fraction of sp³-hybridized carbons (Fsp3) is 0.304. The lowest BCUT2D eigenvalue weighted by Crippen LogP contribution is -2.46. The van der Waals surface area contributed by atoms with Crippen LogP contribution in [-0.4, -0.2) is 42.7 Å². The van der Waals surface area contributed by atoms with Crippen molar-refractivity contribution in [2.24, 2.45) is 0 Å². The summed E-state index contributed by atoms with van der Waals surface area (Å²) in [4.78, 5) is 16.4. The molecule has 0 radical (unpaired) electrons. The number of hydrogen-bond donors (Lipinski definition) is 0. The van der Waals surface area contributed by atoms with Crippen molar-refractivity contribution in [1.29, 1.82) is 0 Å². The van der Waals surface area contributed by atoms with Crippen LogP contribution in [0.2, 0.25) is 0 Å². The Kier molecular flexibility index (Phi) is 5.42. The molecular weight excluding hydrogens is 346 g/mol. The fourth-order valence-corrected chi connectivity index (χ4v) is 3.71. The number of piperazine rings is 1. The van der Waals surface area contributed by atoms with E-state index >= 15 is 0 Å². The molecule has 0 spiro atoms. The van der Waals surface area contributed by atoms with Gasteiger partial charge in [-0.3, -0.25) is 0 Å². The number of aryl methyl sites for hydroxylation is 1. The van der Waals surface area contributed by atoms with Crippen LogP contribution in [0.1, 0.15) is 12.5 Å². The van der Waals surface area contributed by atoms with Gasteiger partial charge in [-0.15, -0.1) is 0 Å². The molecule has 28 heavy (non-hydrogen) atoms. The van der Waals surface area contributed by atoms with Gasteiger partial charge in [-0.05, 0) is 49.7 Å². The SMILES string of the molecule is CCN(c1cccc(C)c1)c1nccc(N2CCN(c3ccccc3)CC2)n1. The van der Waals surface area contributed by atoms with E-state index in [1.165, 1.54) is 11.3 Å². The first kappa shape index (κ1) is 18.3. The van der Waals surface area contributed by atoms with E-state index in [0.29, 0.717) is 0 Å². The summed E-state index contributed by atoms with van der Waals surface area (Å²) >= 11 is 0. The highest BCUT2D eigenvalue weighted by molar-refractivity contribution is 5.59. The van der Waals surface area contributed by atoms with Gasteiger partial charge >= 0.3 is 0 Å². The summed E-state index contributed by atoms with van der Waals surface area (Å²) in [5.74, 6) is 1.76. The van der Waals surface area contributed by atoms with Crippen molar-refractivity contribution in [2.75, 3.05) is 47.4 Å². The molecule has 2 aromatic carbocycles. The zero-order chi connectivity index (χ0) is 19.3. The lowest BCUT2D eigenvalue weighted by Gasteiger charge is -2.37. The molecular formula is C23H27N5. The van der Waals surface area contributed by atoms with Gasteiger partial charge in [-0.2, -0.15) is 4.98 Å². The Morgan fingerprint density at radius 1 is 0.893 bits per heavy atom. The molecule has 1 fully saturated rings. The third-order valence-corrected chi connectivity index (χ3v) is 5.22. The Hall–Kier alpha value is -3.08. The van der Waals surface area contributed by atoms with Crippen LogP contribution in [0.3, 0.4) is 0 Å². The number of benzene rings is 2. The molecule has 4 rings (SSSR count). The minimum atomic E-state index is 0.760. The van der Waals surface area contributed by atoms with Crippen molar-refractivity contribution < 1.29 is 0 Å². The van der Waals surface area contributed by atoms with Gasteiger partial charge in [0.05, 0.1) is 0 Å². The maximum Gasteiger partial charge on any atom is 0.231 e. The highest BCUT2D eigenvalue weighted by Gasteiger charge is 2.19. The third kappa shape index (κ3) is 3.93. The quantitative estimate of drug-likeness (QED) is 0.667. The molecule has 0 unspecified atom stereocenters. The van der Waals surface area contributed by atoms with Crippen LogP contribution in [0.25, 0.3) is 0 Å². The van der Waals surface area contributed by atoms with Gasteiger partial charge in [0.2, 0.25) is 5.95 Å². The van der Waals surface area contributed by atoms with Gasteiger partial charge in [0.15, 0.2) is 0 Å². The van der Waals surface area contributed by atoms with Crippen LogP contribution in [0.5, 0.6) is 0 Å². The monoisotopic (exact) mass is 373 g/mol. The molecule has 0 aliphatic carbocycles. The lowest BCUT2D eigenvalue weighted by atomic mass is 10.2. The van der Waals surface area contributed by atoms with E-state index in [-0.39, 0.29) is 0 Å². The predicted octanol–water partition coefficient (Wildman–Crippen LogP) is 4.27. The fourth-order valence-electron chi connectivity index (χ4n) is 3.71. The van der Waals surface area contributed by atoms with Crippen molar-refractivity contribution in [3.05, 3.63) is 72.4 Å². The van der Waals surface area contributed by atoms with E-state index in [1.807, 2.05) is 12.3 Å². The molecule has 0 bridgehead atoms. The van der Waals surface area contributed by atoms with E-state index in [0.717, 1.165) is 50.2 Å². The summed E-state index contributed by atoms with van der Waals surface area (Å²) < 4.78 is 0. The zero-order valence-corrected chi connectivity index (χ0v) is 16.6. The molecule has 2 heterocycles. The molecule has 5 nitrogen and oxygen atoms in total. The molecule has 1 saturated heterocycles. The van der Waals surface area contributed by atoms with Crippen LogP contribution in [0, 0.1) is 6.92 Å². The molecule has 3 aromatic rings. The zero-order valence-electron chi connectivity index (χ0n) is 16.6.